The Balaban J connectivity index is 2.18. The van der Waals surface area contributed by atoms with Crippen LogP contribution in [0.1, 0.15) is 38.8 Å². The second-order valence-electron chi connectivity index (χ2n) is 7.99. The predicted octanol–water partition coefficient (Wildman–Crippen LogP) is 3.56. The van der Waals surface area contributed by atoms with Crippen molar-refractivity contribution in [2.24, 2.45) is 0 Å². The van der Waals surface area contributed by atoms with Gasteiger partial charge in [0.25, 0.3) is 0 Å². The molecule has 0 saturated carbocycles. The van der Waals surface area contributed by atoms with Crippen LogP contribution in [0.4, 0.5) is 18.0 Å². The Labute approximate surface area is 187 Å². The molecule has 0 bridgehead atoms. The summed E-state index contributed by atoms with van der Waals surface area (Å²) in [5.41, 5.74) is -0.502. The van der Waals surface area contributed by atoms with Crippen LogP contribution in [-0.4, -0.2) is 43.9 Å². The Morgan fingerprint density at radius 1 is 1.19 bits per heavy atom. The number of hydrogen-bond donors (Lipinski definition) is 1. The molecule has 8 nitrogen and oxygen atoms in total. The van der Waals surface area contributed by atoms with Gasteiger partial charge >= 0.3 is 18.3 Å². The highest BCUT2D eigenvalue weighted by Crippen LogP contribution is 2.42. The van der Waals surface area contributed by atoms with Gasteiger partial charge in [0.05, 0.1) is 5.57 Å². The van der Waals surface area contributed by atoms with E-state index in [1.807, 2.05) is 20.8 Å². The van der Waals surface area contributed by atoms with Crippen LogP contribution in [0.2, 0.25) is 5.02 Å². The average Bonchev–Trinajstić information content (AvgIpc) is 2.68. The van der Waals surface area contributed by atoms with Gasteiger partial charge in [0, 0.05) is 10.6 Å². The first kappa shape index (κ1) is 25.8. The van der Waals surface area contributed by atoms with Gasteiger partial charge in [-0.3, -0.25) is 0 Å². The number of halogens is 4. The van der Waals surface area contributed by atoms with E-state index in [4.69, 9.17) is 16.3 Å². The maximum atomic E-state index is 13.6. The van der Waals surface area contributed by atoms with Gasteiger partial charge in [-0.1, -0.05) is 32.4 Å². The van der Waals surface area contributed by atoms with Crippen LogP contribution in [0.15, 0.2) is 17.7 Å². The van der Waals surface area contributed by atoms with Gasteiger partial charge in [-0.25, -0.2) is 20.3 Å². The predicted molar refractivity (Wildman–Crippen MR) is 105 cm³/mol. The second-order valence-corrected chi connectivity index (χ2v) is 8.40. The largest absolute Gasteiger partial charge is 0.511 e. The number of carbonyl (C=O) groups is 2. The number of esters is 1. The number of benzene rings is 1. The highest BCUT2D eigenvalue weighted by molar-refractivity contribution is 6.31. The molecule has 1 heterocycles. The van der Waals surface area contributed by atoms with Crippen LogP contribution in [0, 0.1) is 0 Å². The third-order valence-corrected chi connectivity index (χ3v) is 4.68. The molecule has 0 aromatic heterocycles. The molecule has 32 heavy (non-hydrogen) atoms. The zero-order valence-electron chi connectivity index (χ0n) is 17.9. The molecule has 1 aliphatic heterocycles. The Bertz CT molecular complexity index is 896. The van der Waals surface area contributed by atoms with Gasteiger partial charge in [0.2, 0.25) is 12.9 Å². The van der Waals surface area contributed by atoms with Gasteiger partial charge in [-0.15, -0.1) is 0 Å². The lowest BCUT2D eigenvalue weighted by Crippen LogP contribution is -2.53. The summed E-state index contributed by atoms with van der Waals surface area (Å²) in [6.07, 6.45) is -8.20. The number of ether oxygens (including phenoxy) is 4. The number of carbonyl (C=O) groups excluding carboxylic acids is 2. The van der Waals surface area contributed by atoms with Gasteiger partial charge in [-0.05, 0) is 36.1 Å². The smallest absolute Gasteiger partial charge is 0.475 e. The van der Waals surface area contributed by atoms with E-state index >= 15 is 0 Å². The topological polar surface area (TPSA) is 108 Å². The minimum Gasteiger partial charge on any atom is -0.475 e. The van der Waals surface area contributed by atoms with Crippen molar-refractivity contribution >= 4 is 29.8 Å². The van der Waals surface area contributed by atoms with E-state index in [0.29, 0.717) is 10.6 Å². The summed E-state index contributed by atoms with van der Waals surface area (Å²) in [4.78, 5) is 28.3. The molecule has 0 spiro atoms. The monoisotopic (exact) mass is 482 g/mol. The summed E-state index contributed by atoms with van der Waals surface area (Å²) in [6.45, 7) is 5.97. The van der Waals surface area contributed by atoms with Crippen LogP contribution < -0.4 is 10.6 Å². The quantitative estimate of drug-likeness (QED) is 0.375. The summed E-state index contributed by atoms with van der Waals surface area (Å²) in [5.74, 6) is 1.70. The summed E-state index contributed by atoms with van der Waals surface area (Å²) >= 11 is 6.27. The van der Waals surface area contributed by atoms with Crippen molar-refractivity contribution in [1.29, 1.82) is 0 Å². The fourth-order valence-electron chi connectivity index (χ4n) is 2.69. The van der Waals surface area contributed by atoms with Crippen molar-refractivity contribution in [2.75, 3.05) is 13.4 Å². The molecule has 0 saturated heterocycles. The minimum atomic E-state index is -4.91. The first-order chi connectivity index (χ1) is 14.7. The molecular formula is C20H24ClF3NO7+. The number of fused-ring (bicyclic) bond motifs is 1. The van der Waals surface area contributed by atoms with Crippen molar-refractivity contribution < 1.29 is 52.4 Å². The lowest BCUT2D eigenvalue weighted by molar-refractivity contribution is -0.701. The van der Waals surface area contributed by atoms with E-state index in [1.54, 1.807) is 6.92 Å². The van der Waals surface area contributed by atoms with Crippen molar-refractivity contribution in [1.82, 2.24) is 0 Å². The summed E-state index contributed by atoms with van der Waals surface area (Å²) < 4.78 is 59.7. The molecular weight excluding hydrogens is 459 g/mol. The van der Waals surface area contributed by atoms with Crippen LogP contribution in [0.3, 0.4) is 0 Å². The average molecular weight is 483 g/mol. The molecule has 12 heteroatoms. The molecule has 0 radical (unpaired) electrons. The molecule has 0 amide bonds. The fourth-order valence-corrected chi connectivity index (χ4v) is 3.15. The molecule has 0 aliphatic carbocycles. The molecule has 1 aliphatic rings. The molecule has 2 unspecified atom stereocenters. The third kappa shape index (κ3) is 6.50. The Kier molecular flexibility index (Phi) is 8.02. The van der Waals surface area contributed by atoms with Crippen LogP contribution in [-0.2, 0) is 29.3 Å². The summed E-state index contributed by atoms with van der Waals surface area (Å²) in [6, 6.07) is 2.84. The molecule has 2 rings (SSSR count). The molecule has 1 aromatic carbocycles. The highest BCUT2D eigenvalue weighted by Gasteiger charge is 2.49. The molecule has 3 N–H and O–H groups in total. The first-order valence-corrected chi connectivity index (χ1v) is 9.78. The number of alkyl halides is 3. The second kappa shape index (κ2) is 9.97. The van der Waals surface area contributed by atoms with Crippen LogP contribution >= 0.6 is 11.6 Å². The van der Waals surface area contributed by atoms with Gasteiger partial charge < -0.3 is 18.9 Å². The first-order valence-electron chi connectivity index (χ1n) is 9.40. The zero-order chi connectivity index (χ0) is 24.3. The van der Waals surface area contributed by atoms with E-state index in [2.05, 4.69) is 24.9 Å². The maximum absolute atomic E-state index is 13.6. The Morgan fingerprint density at radius 3 is 2.41 bits per heavy atom. The summed E-state index contributed by atoms with van der Waals surface area (Å²) in [7, 11) is 0. The standard InChI is InChI=1S/C20H24ClF3NO7/c1-10(32-25)8-28-18(27)30-9-29-17(26)12-5-11-6-14(21)13(19(2,3)4)7-15(11)31-16(12)20(22,23)24/h5-7,10,16H,8-9H2,1-4,25H3/q+1. The minimum absolute atomic E-state index is 0.0696. The maximum Gasteiger partial charge on any atom is 0.511 e. The Morgan fingerprint density at radius 2 is 1.84 bits per heavy atom. The number of rotatable bonds is 6. The van der Waals surface area contributed by atoms with E-state index in [0.717, 1.165) is 6.08 Å². The van der Waals surface area contributed by atoms with Crippen molar-refractivity contribution in [2.45, 2.75) is 51.5 Å². The van der Waals surface area contributed by atoms with Crippen molar-refractivity contribution in [3.63, 3.8) is 0 Å². The van der Waals surface area contributed by atoms with Crippen molar-refractivity contribution in [3.05, 3.63) is 33.9 Å². The van der Waals surface area contributed by atoms with E-state index < -0.39 is 48.3 Å². The lowest BCUT2D eigenvalue weighted by atomic mass is 9.85. The molecule has 1 aromatic rings. The lowest BCUT2D eigenvalue weighted by Gasteiger charge is -2.30. The van der Waals surface area contributed by atoms with Crippen LogP contribution in [0.25, 0.3) is 6.08 Å². The van der Waals surface area contributed by atoms with Gasteiger partial charge in [0.15, 0.2) is 0 Å². The third-order valence-electron chi connectivity index (χ3n) is 4.37. The number of hydrogen-bond acceptors (Lipinski definition) is 7. The normalized spacial score (nSPS) is 16.9. The SMILES string of the molecule is CC(COC(=O)OCOC(=O)C1=Cc2cc(Cl)c(C(C)(C)C)cc2OC1C(F)(F)F)O[NH3+]. The van der Waals surface area contributed by atoms with Gasteiger partial charge in [0.1, 0.15) is 18.5 Å². The van der Waals surface area contributed by atoms with Crippen LogP contribution in [0.5, 0.6) is 5.75 Å². The van der Waals surface area contributed by atoms with E-state index in [9.17, 15) is 22.8 Å². The van der Waals surface area contributed by atoms with Gasteiger partial charge in [-0.2, -0.15) is 13.2 Å². The summed E-state index contributed by atoms with van der Waals surface area (Å²) in [5, 5.41) is 0.306. The highest BCUT2D eigenvalue weighted by atomic mass is 35.5. The molecule has 2 atom stereocenters. The van der Waals surface area contributed by atoms with Crippen molar-refractivity contribution in [3.8, 4) is 5.75 Å². The van der Waals surface area contributed by atoms with E-state index in [-0.39, 0.29) is 17.9 Å². The molecule has 178 valence electrons. The zero-order valence-corrected chi connectivity index (χ0v) is 18.6. The fraction of sp³-hybridized carbons (Fsp3) is 0.500. The number of quaternary nitrogens is 1. The molecule has 0 fully saturated rings. The van der Waals surface area contributed by atoms with E-state index in [1.165, 1.54) is 12.1 Å². The Hall–Kier alpha value is -2.50.